The minimum Gasteiger partial charge on any atom is -0.479 e. The number of aliphatic hydroxyl groups is 3. The van der Waals surface area contributed by atoms with E-state index in [0.717, 1.165) is 0 Å². The third-order valence-electron chi connectivity index (χ3n) is 3.13. The van der Waals surface area contributed by atoms with Crippen molar-refractivity contribution < 1.29 is 34.8 Å². The number of carbonyl (C=O) groups is 2. The second-order valence-corrected chi connectivity index (χ2v) is 4.62. The van der Waals surface area contributed by atoms with E-state index in [1.165, 1.54) is 24.5 Å². The Morgan fingerprint density at radius 2 is 1.73 bits per heavy atom. The summed E-state index contributed by atoms with van der Waals surface area (Å²) in [6, 6.07) is 2.88. The number of ether oxygens (including phenoxy) is 1. The van der Waals surface area contributed by atoms with Gasteiger partial charge in [0, 0.05) is 18.0 Å². The molecule has 10 nitrogen and oxygen atoms in total. The van der Waals surface area contributed by atoms with Crippen molar-refractivity contribution >= 4 is 11.9 Å². The standard InChI is InChI=1S/C12H15N3O7/c16-6-7(17)9(12(20)21)22-11(8(6)18)15-14-10(19)5-1-3-13-4-2-5/h1-4,6-9,11,15-18H,(H,14,19)(H,20,21)/t6-,7-,8+,9-,11-/m0/s1. The number of hydrogen-bond donors (Lipinski definition) is 6. The molecule has 1 aliphatic rings. The number of nitrogens with one attached hydrogen (secondary N) is 2. The zero-order chi connectivity index (χ0) is 16.3. The van der Waals surface area contributed by atoms with Crippen molar-refractivity contribution in [1.82, 2.24) is 15.8 Å². The Balaban J connectivity index is 1.99. The highest BCUT2D eigenvalue weighted by molar-refractivity contribution is 5.93. The fourth-order valence-electron chi connectivity index (χ4n) is 1.91. The molecule has 0 unspecified atom stereocenters. The Bertz CT molecular complexity index is 541. The first-order valence-electron chi connectivity index (χ1n) is 6.30. The molecule has 6 N–H and O–H groups in total. The number of nitrogens with zero attached hydrogens (tertiary/aromatic N) is 1. The summed E-state index contributed by atoms with van der Waals surface area (Å²) in [7, 11) is 0. The molecule has 1 aromatic rings. The number of rotatable bonds is 4. The van der Waals surface area contributed by atoms with Gasteiger partial charge in [-0.2, -0.15) is 0 Å². The average Bonchev–Trinajstić information content (AvgIpc) is 2.52. The number of aliphatic carboxylic acids is 1. The van der Waals surface area contributed by atoms with Crippen LogP contribution in [0, 0.1) is 0 Å². The first-order chi connectivity index (χ1) is 10.4. The number of pyridine rings is 1. The quantitative estimate of drug-likeness (QED) is 0.323. The van der Waals surface area contributed by atoms with E-state index in [0.29, 0.717) is 0 Å². The maximum atomic E-state index is 11.8. The molecule has 1 amide bonds. The molecular formula is C12H15N3O7. The van der Waals surface area contributed by atoms with Gasteiger partial charge in [0.1, 0.15) is 18.3 Å². The number of hydrazine groups is 1. The molecule has 0 radical (unpaired) electrons. The number of carbonyl (C=O) groups excluding carboxylic acids is 1. The van der Waals surface area contributed by atoms with Crippen molar-refractivity contribution in [3.8, 4) is 0 Å². The molecule has 0 spiro atoms. The highest BCUT2D eigenvalue weighted by Gasteiger charge is 2.46. The van der Waals surface area contributed by atoms with Gasteiger partial charge >= 0.3 is 5.97 Å². The van der Waals surface area contributed by atoms with Crippen molar-refractivity contribution in [2.75, 3.05) is 0 Å². The normalized spacial score (nSPS) is 31.5. The Labute approximate surface area is 124 Å². The van der Waals surface area contributed by atoms with Crippen molar-refractivity contribution in [2.24, 2.45) is 0 Å². The highest BCUT2D eigenvalue weighted by Crippen LogP contribution is 2.19. The number of amides is 1. The van der Waals surface area contributed by atoms with Gasteiger partial charge < -0.3 is 25.2 Å². The fourth-order valence-corrected chi connectivity index (χ4v) is 1.91. The lowest BCUT2D eigenvalue weighted by atomic mass is 9.98. The first kappa shape index (κ1) is 16.3. The highest BCUT2D eigenvalue weighted by atomic mass is 16.6. The van der Waals surface area contributed by atoms with Gasteiger partial charge in [0.2, 0.25) is 0 Å². The SMILES string of the molecule is O=C(NN[C@H]1O[C@H](C(=O)O)[C@@H](O)[C@H](O)[C@H]1O)c1ccncc1. The van der Waals surface area contributed by atoms with Crippen molar-refractivity contribution in [3.05, 3.63) is 30.1 Å². The van der Waals surface area contributed by atoms with Gasteiger partial charge in [-0.3, -0.25) is 15.2 Å². The molecule has 0 saturated carbocycles. The summed E-state index contributed by atoms with van der Waals surface area (Å²) in [5.41, 5.74) is 4.75. The van der Waals surface area contributed by atoms with Crippen molar-refractivity contribution in [2.45, 2.75) is 30.6 Å². The lowest BCUT2D eigenvalue weighted by Gasteiger charge is -2.38. The number of aromatic nitrogens is 1. The third kappa shape index (κ3) is 3.37. The summed E-state index contributed by atoms with van der Waals surface area (Å²) in [5.74, 6) is -2.09. The van der Waals surface area contributed by atoms with Crippen LogP contribution in [0.4, 0.5) is 0 Å². The zero-order valence-electron chi connectivity index (χ0n) is 11.2. The Hall–Kier alpha value is -2.11. The molecule has 5 atom stereocenters. The van der Waals surface area contributed by atoms with E-state index < -0.39 is 42.5 Å². The van der Waals surface area contributed by atoms with Gasteiger partial charge in [0.25, 0.3) is 5.91 Å². The molecule has 2 rings (SSSR count). The van der Waals surface area contributed by atoms with Gasteiger partial charge in [-0.15, -0.1) is 0 Å². The largest absolute Gasteiger partial charge is 0.479 e. The Morgan fingerprint density at radius 3 is 2.32 bits per heavy atom. The second kappa shape index (κ2) is 6.77. The molecule has 2 heterocycles. The number of carboxylic acids is 1. The van der Waals surface area contributed by atoms with Crippen LogP contribution in [0.15, 0.2) is 24.5 Å². The van der Waals surface area contributed by atoms with E-state index in [9.17, 15) is 24.9 Å². The summed E-state index contributed by atoms with van der Waals surface area (Å²) in [6.07, 6.45) is -5.52. The lowest BCUT2D eigenvalue weighted by Crippen LogP contribution is -2.65. The molecule has 0 bridgehead atoms. The summed E-state index contributed by atoms with van der Waals surface area (Å²) in [5, 5.41) is 37.8. The number of carboxylic acid groups (broad SMARTS) is 1. The molecule has 10 heteroatoms. The zero-order valence-corrected chi connectivity index (χ0v) is 11.2. The van der Waals surface area contributed by atoms with E-state index in [-0.39, 0.29) is 5.56 Å². The molecule has 1 saturated heterocycles. The Kier molecular flexibility index (Phi) is 5.00. The summed E-state index contributed by atoms with van der Waals surface area (Å²) < 4.78 is 4.93. The van der Waals surface area contributed by atoms with E-state index in [1.54, 1.807) is 0 Å². The predicted molar refractivity (Wildman–Crippen MR) is 69.2 cm³/mol. The van der Waals surface area contributed by atoms with Crippen LogP contribution in [-0.2, 0) is 9.53 Å². The molecule has 0 aliphatic carbocycles. The summed E-state index contributed by atoms with van der Waals surface area (Å²) in [4.78, 5) is 26.5. The molecule has 1 fully saturated rings. The minimum absolute atomic E-state index is 0.267. The van der Waals surface area contributed by atoms with E-state index in [4.69, 9.17) is 9.84 Å². The molecular weight excluding hydrogens is 298 g/mol. The monoisotopic (exact) mass is 313 g/mol. The van der Waals surface area contributed by atoms with Crippen molar-refractivity contribution in [3.63, 3.8) is 0 Å². The Morgan fingerprint density at radius 1 is 1.09 bits per heavy atom. The fraction of sp³-hybridized carbons (Fsp3) is 0.417. The second-order valence-electron chi connectivity index (χ2n) is 4.62. The summed E-state index contributed by atoms with van der Waals surface area (Å²) in [6.45, 7) is 0. The molecule has 1 aromatic heterocycles. The van der Waals surface area contributed by atoms with E-state index in [2.05, 4.69) is 15.8 Å². The van der Waals surface area contributed by atoms with Gasteiger partial charge in [0.15, 0.2) is 12.3 Å². The van der Waals surface area contributed by atoms with Gasteiger partial charge in [-0.1, -0.05) is 0 Å². The summed E-state index contributed by atoms with van der Waals surface area (Å²) >= 11 is 0. The third-order valence-corrected chi connectivity index (χ3v) is 3.13. The van der Waals surface area contributed by atoms with Crippen LogP contribution < -0.4 is 10.9 Å². The smallest absolute Gasteiger partial charge is 0.335 e. The first-order valence-corrected chi connectivity index (χ1v) is 6.30. The van der Waals surface area contributed by atoms with E-state index in [1.807, 2.05) is 0 Å². The topological polar surface area (TPSA) is 161 Å². The van der Waals surface area contributed by atoms with Gasteiger partial charge in [-0.25, -0.2) is 10.2 Å². The van der Waals surface area contributed by atoms with Crippen LogP contribution in [0.25, 0.3) is 0 Å². The molecule has 22 heavy (non-hydrogen) atoms. The van der Waals surface area contributed by atoms with Gasteiger partial charge in [-0.05, 0) is 12.1 Å². The number of hydrogen-bond acceptors (Lipinski definition) is 8. The molecule has 1 aliphatic heterocycles. The molecule has 0 aromatic carbocycles. The minimum atomic E-state index is -1.79. The predicted octanol–water partition coefficient (Wildman–Crippen LogP) is -2.79. The van der Waals surface area contributed by atoms with Crippen LogP contribution in [0.3, 0.4) is 0 Å². The van der Waals surface area contributed by atoms with Gasteiger partial charge in [0.05, 0.1) is 0 Å². The van der Waals surface area contributed by atoms with Crippen LogP contribution in [0.5, 0.6) is 0 Å². The van der Waals surface area contributed by atoms with Crippen LogP contribution in [0.2, 0.25) is 0 Å². The number of aliphatic hydroxyl groups excluding tert-OH is 3. The maximum absolute atomic E-state index is 11.8. The lowest BCUT2D eigenvalue weighted by molar-refractivity contribution is -0.235. The van der Waals surface area contributed by atoms with Crippen LogP contribution in [-0.4, -0.2) is 67.9 Å². The van der Waals surface area contributed by atoms with E-state index >= 15 is 0 Å². The average molecular weight is 313 g/mol. The maximum Gasteiger partial charge on any atom is 0.335 e. The molecule has 120 valence electrons. The van der Waals surface area contributed by atoms with Crippen LogP contribution in [0.1, 0.15) is 10.4 Å². The van der Waals surface area contributed by atoms with Crippen molar-refractivity contribution in [1.29, 1.82) is 0 Å². The van der Waals surface area contributed by atoms with Crippen LogP contribution >= 0.6 is 0 Å².